The Balaban J connectivity index is 2.30. The quantitative estimate of drug-likeness (QED) is 0.806. The SMILES string of the molecule is O=C(O)[C@@H]1CNC[C@H]1c1ccccc1Cl. The molecule has 0 bridgehead atoms. The van der Waals surface area contributed by atoms with Crippen LogP contribution in [0.25, 0.3) is 0 Å². The number of halogens is 1. The lowest BCUT2D eigenvalue weighted by Crippen LogP contribution is -2.21. The molecule has 4 heteroatoms. The van der Waals surface area contributed by atoms with Crippen LogP contribution in [-0.2, 0) is 4.79 Å². The van der Waals surface area contributed by atoms with Crippen molar-refractivity contribution in [2.24, 2.45) is 5.92 Å². The smallest absolute Gasteiger partial charge is 0.308 e. The summed E-state index contributed by atoms with van der Waals surface area (Å²) in [7, 11) is 0. The van der Waals surface area contributed by atoms with E-state index < -0.39 is 5.97 Å². The molecule has 0 spiro atoms. The van der Waals surface area contributed by atoms with E-state index >= 15 is 0 Å². The van der Waals surface area contributed by atoms with E-state index in [0.717, 1.165) is 5.56 Å². The molecule has 1 saturated heterocycles. The molecule has 0 aliphatic carbocycles. The molecule has 2 atom stereocenters. The van der Waals surface area contributed by atoms with Crippen molar-refractivity contribution in [1.82, 2.24) is 5.32 Å². The molecule has 0 unspecified atom stereocenters. The van der Waals surface area contributed by atoms with E-state index in [9.17, 15) is 4.79 Å². The third-order valence-electron chi connectivity index (χ3n) is 2.84. The number of hydrogen-bond donors (Lipinski definition) is 2. The van der Waals surface area contributed by atoms with Gasteiger partial charge in [-0.05, 0) is 11.6 Å². The molecule has 0 saturated carbocycles. The number of hydrogen-bond acceptors (Lipinski definition) is 2. The molecule has 1 aromatic carbocycles. The molecule has 2 N–H and O–H groups in total. The number of rotatable bonds is 2. The molecule has 1 aromatic rings. The van der Waals surface area contributed by atoms with Gasteiger partial charge in [0.15, 0.2) is 0 Å². The fourth-order valence-electron chi connectivity index (χ4n) is 2.04. The molecular weight excluding hydrogens is 214 g/mol. The molecular formula is C11H12ClNO2. The summed E-state index contributed by atoms with van der Waals surface area (Å²) >= 11 is 6.05. The molecule has 0 aromatic heterocycles. The van der Waals surface area contributed by atoms with Crippen LogP contribution in [0.2, 0.25) is 5.02 Å². The first-order chi connectivity index (χ1) is 7.20. The van der Waals surface area contributed by atoms with E-state index in [-0.39, 0.29) is 11.8 Å². The Morgan fingerprint density at radius 3 is 2.80 bits per heavy atom. The Hall–Kier alpha value is -1.06. The molecule has 2 rings (SSSR count). The summed E-state index contributed by atoms with van der Waals surface area (Å²) in [6.45, 7) is 1.20. The van der Waals surface area contributed by atoms with Gasteiger partial charge in [-0.3, -0.25) is 4.79 Å². The first-order valence-corrected chi connectivity index (χ1v) is 5.26. The summed E-state index contributed by atoms with van der Waals surface area (Å²) in [6, 6.07) is 7.44. The molecule has 15 heavy (non-hydrogen) atoms. The number of nitrogens with one attached hydrogen (secondary N) is 1. The molecule has 1 aliphatic heterocycles. The third-order valence-corrected chi connectivity index (χ3v) is 3.18. The van der Waals surface area contributed by atoms with Crippen LogP contribution in [0.5, 0.6) is 0 Å². The predicted molar refractivity (Wildman–Crippen MR) is 58.2 cm³/mol. The predicted octanol–water partition coefficient (Wildman–Crippen LogP) is 1.73. The van der Waals surface area contributed by atoms with Crippen molar-refractivity contribution in [2.75, 3.05) is 13.1 Å². The average molecular weight is 226 g/mol. The van der Waals surface area contributed by atoms with Crippen molar-refractivity contribution in [3.05, 3.63) is 34.9 Å². The van der Waals surface area contributed by atoms with Gasteiger partial charge in [0.05, 0.1) is 5.92 Å². The number of carboxylic acid groups (broad SMARTS) is 1. The first kappa shape index (κ1) is 10.5. The molecule has 80 valence electrons. The Bertz CT molecular complexity index is 381. The largest absolute Gasteiger partial charge is 0.481 e. The summed E-state index contributed by atoms with van der Waals surface area (Å²) in [5.41, 5.74) is 0.927. The van der Waals surface area contributed by atoms with Crippen molar-refractivity contribution in [3.63, 3.8) is 0 Å². The Labute approximate surface area is 93.1 Å². The van der Waals surface area contributed by atoms with E-state index in [1.165, 1.54) is 0 Å². The first-order valence-electron chi connectivity index (χ1n) is 4.88. The van der Waals surface area contributed by atoms with Gasteiger partial charge in [-0.25, -0.2) is 0 Å². The van der Waals surface area contributed by atoms with E-state index in [2.05, 4.69) is 5.32 Å². The van der Waals surface area contributed by atoms with Crippen LogP contribution in [0.15, 0.2) is 24.3 Å². The normalized spacial score (nSPS) is 25.4. The highest BCUT2D eigenvalue weighted by Gasteiger charge is 2.34. The third kappa shape index (κ3) is 1.98. The van der Waals surface area contributed by atoms with E-state index in [4.69, 9.17) is 16.7 Å². The van der Waals surface area contributed by atoms with Crippen LogP contribution in [-0.4, -0.2) is 24.2 Å². The minimum absolute atomic E-state index is 0.0174. The number of carbonyl (C=O) groups is 1. The highest BCUT2D eigenvalue weighted by molar-refractivity contribution is 6.31. The maximum absolute atomic E-state index is 11.0. The van der Waals surface area contributed by atoms with Gasteiger partial charge in [-0.15, -0.1) is 0 Å². The maximum Gasteiger partial charge on any atom is 0.308 e. The zero-order valence-corrected chi connectivity index (χ0v) is 8.87. The second kappa shape index (κ2) is 4.21. The number of benzene rings is 1. The van der Waals surface area contributed by atoms with Crippen LogP contribution in [0.1, 0.15) is 11.5 Å². The van der Waals surface area contributed by atoms with Gasteiger partial charge in [0.2, 0.25) is 0 Å². The van der Waals surface area contributed by atoms with Gasteiger partial charge in [0.25, 0.3) is 0 Å². The Morgan fingerprint density at radius 1 is 1.40 bits per heavy atom. The Morgan fingerprint density at radius 2 is 2.13 bits per heavy atom. The van der Waals surface area contributed by atoms with Crippen LogP contribution in [0.3, 0.4) is 0 Å². The molecule has 0 radical (unpaired) electrons. The standard InChI is InChI=1S/C11H12ClNO2/c12-10-4-2-1-3-7(10)8-5-13-6-9(8)11(14)15/h1-4,8-9,13H,5-6H2,(H,14,15)/t8-,9+/m0/s1. The summed E-state index contributed by atoms with van der Waals surface area (Å²) in [5.74, 6) is -1.15. The van der Waals surface area contributed by atoms with Crippen LogP contribution in [0.4, 0.5) is 0 Å². The highest BCUT2D eigenvalue weighted by atomic mass is 35.5. The lowest BCUT2D eigenvalue weighted by molar-refractivity contribution is -0.141. The lowest BCUT2D eigenvalue weighted by Gasteiger charge is -2.16. The summed E-state index contributed by atoms with van der Waals surface area (Å²) < 4.78 is 0. The summed E-state index contributed by atoms with van der Waals surface area (Å²) in [6.07, 6.45) is 0. The molecule has 0 amide bonds. The zero-order chi connectivity index (χ0) is 10.8. The second-order valence-corrected chi connectivity index (χ2v) is 4.14. The van der Waals surface area contributed by atoms with E-state index in [1.807, 2.05) is 18.2 Å². The summed E-state index contributed by atoms with van der Waals surface area (Å²) in [4.78, 5) is 11.0. The highest BCUT2D eigenvalue weighted by Crippen LogP contribution is 2.32. The fourth-order valence-corrected chi connectivity index (χ4v) is 2.32. The van der Waals surface area contributed by atoms with Gasteiger partial charge < -0.3 is 10.4 Å². The monoisotopic (exact) mass is 225 g/mol. The van der Waals surface area contributed by atoms with Crippen molar-refractivity contribution < 1.29 is 9.90 Å². The molecule has 3 nitrogen and oxygen atoms in total. The van der Waals surface area contributed by atoms with Gasteiger partial charge in [-0.2, -0.15) is 0 Å². The van der Waals surface area contributed by atoms with Gasteiger partial charge >= 0.3 is 5.97 Å². The van der Waals surface area contributed by atoms with Crippen molar-refractivity contribution in [2.45, 2.75) is 5.92 Å². The maximum atomic E-state index is 11.0. The number of carboxylic acids is 1. The topological polar surface area (TPSA) is 49.3 Å². The van der Waals surface area contributed by atoms with E-state index in [1.54, 1.807) is 6.07 Å². The molecule has 1 fully saturated rings. The molecule has 1 heterocycles. The molecule has 1 aliphatic rings. The van der Waals surface area contributed by atoms with Crippen molar-refractivity contribution in [3.8, 4) is 0 Å². The fraction of sp³-hybridized carbons (Fsp3) is 0.364. The van der Waals surface area contributed by atoms with Gasteiger partial charge in [0, 0.05) is 24.0 Å². The zero-order valence-electron chi connectivity index (χ0n) is 8.11. The van der Waals surface area contributed by atoms with Crippen molar-refractivity contribution >= 4 is 17.6 Å². The Kier molecular flexibility index (Phi) is 2.93. The second-order valence-electron chi connectivity index (χ2n) is 3.73. The minimum atomic E-state index is -0.759. The van der Waals surface area contributed by atoms with Crippen molar-refractivity contribution in [1.29, 1.82) is 0 Å². The van der Waals surface area contributed by atoms with Crippen LogP contribution in [0, 0.1) is 5.92 Å². The van der Waals surface area contributed by atoms with E-state index in [0.29, 0.717) is 18.1 Å². The minimum Gasteiger partial charge on any atom is -0.481 e. The average Bonchev–Trinajstić information content (AvgIpc) is 2.67. The van der Waals surface area contributed by atoms with Crippen LogP contribution >= 0.6 is 11.6 Å². The van der Waals surface area contributed by atoms with Gasteiger partial charge in [-0.1, -0.05) is 29.8 Å². The van der Waals surface area contributed by atoms with Gasteiger partial charge in [0.1, 0.15) is 0 Å². The summed E-state index contributed by atoms with van der Waals surface area (Å²) in [5, 5.41) is 12.8. The number of aliphatic carboxylic acids is 1. The lowest BCUT2D eigenvalue weighted by atomic mass is 9.89. The van der Waals surface area contributed by atoms with Crippen LogP contribution < -0.4 is 5.32 Å².